The molecular weight excluding hydrogens is 528 g/mol. The Morgan fingerprint density at radius 3 is 2.52 bits per heavy atom. The number of H-pyrrole nitrogens is 1. The second-order valence-electron chi connectivity index (χ2n) is 12.0. The molecule has 0 bridgehead atoms. The van der Waals surface area contributed by atoms with Crippen LogP contribution in [0.25, 0.3) is 10.9 Å². The van der Waals surface area contributed by atoms with E-state index in [1.165, 1.54) is 25.7 Å². The van der Waals surface area contributed by atoms with Crippen LogP contribution in [0.15, 0.2) is 48.7 Å². The van der Waals surface area contributed by atoms with Gasteiger partial charge in [-0.25, -0.2) is 4.79 Å². The Bertz CT molecular complexity index is 1360. The third-order valence-corrected chi connectivity index (χ3v) is 8.72. The largest absolute Gasteiger partial charge is 0.492 e. The minimum absolute atomic E-state index is 0.195. The number of aromatic amines is 1. The van der Waals surface area contributed by atoms with Gasteiger partial charge in [0.2, 0.25) is 5.91 Å². The van der Waals surface area contributed by atoms with E-state index >= 15 is 0 Å². The van der Waals surface area contributed by atoms with Crippen molar-refractivity contribution >= 4 is 28.5 Å². The second kappa shape index (κ2) is 13.6. The number of anilines is 1. The molecule has 3 N–H and O–H groups in total. The standard InChI is InChI=1S/C33H46N6O3/c1-5-42-30-15-14-24(22-37(3)4)20-29(30)35-32(40)31(23(2)27-21-34-28-13-9-8-12-26(27)28)36-33(41)39-18-16-38(17-19-39)25-10-6-7-11-25/h8-9,12-15,20-21,23,25,31,34H,5-7,10-11,16-19,22H2,1-4H3,(H,35,40)(H,36,41)/t23-,31+/m0/s1. The Labute approximate surface area is 249 Å². The number of aromatic nitrogens is 1. The van der Waals surface area contributed by atoms with Gasteiger partial charge >= 0.3 is 6.03 Å². The molecule has 9 heteroatoms. The van der Waals surface area contributed by atoms with Gasteiger partial charge in [-0.05, 0) is 63.2 Å². The molecule has 2 atom stereocenters. The first-order chi connectivity index (χ1) is 20.3. The van der Waals surface area contributed by atoms with E-state index < -0.39 is 6.04 Å². The van der Waals surface area contributed by atoms with E-state index in [2.05, 4.69) is 31.5 Å². The minimum Gasteiger partial charge on any atom is -0.492 e. The lowest BCUT2D eigenvalue weighted by molar-refractivity contribution is -0.118. The van der Waals surface area contributed by atoms with Crippen molar-refractivity contribution in [2.24, 2.45) is 0 Å². The van der Waals surface area contributed by atoms with Gasteiger partial charge in [0.1, 0.15) is 11.8 Å². The van der Waals surface area contributed by atoms with Crippen LogP contribution in [0.4, 0.5) is 10.5 Å². The van der Waals surface area contributed by atoms with E-state index in [0.717, 1.165) is 41.7 Å². The van der Waals surface area contributed by atoms with Crippen LogP contribution in [0.3, 0.4) is 0 Å². The van der Waals surface area contributed by atoms with Crippen LogP contribution in [0.1, 0.15) is 56.6 Å². The highest BCUT2D eigenvalue weighted by molar-refractivity contribution is 5.99. The van der Waals surface area contributed by atoms with Crippen LogP contribution >= 0.6 is 0 Å². The third kappa shape index (κ3) is 6.90. The number of para-hydroxylation sites is 1. The Balaban J connectivity index is 1.37. The fraction of sp³-hybridized carbons (Fsp3) is 0.515. The quantitative estimate of drug-likeness (QED) is 0.317. The number of carbonyl (C=O) groups excluding carboxylic acids is 2. The molecule has 9 nitrogen and oxygen atoms in total. The number of benzene rings is 2. The van der Waals surface area contributed by atoms with Crippen molar-refractivity contribution in [3.8, 4) is 5.75 Å². The van der Waals surface area contributed by atoms with Gasteiger partial charge in [-0.15, -0.1) is 0 Å². The van der Waals surface area contributed by atoms with Gasteiger partial charge in [0, 0.05) is 61.8 Å². The molecule has 0 radical (unpaired) electrons. The molecule has 1 aliphatic carbocycles. The zero-order valence-electron chi connectivity index (χ0n) is 25.5. The molecule has 1 saturated carbocycles. The predicted molar refractivity (Wildman–Crippen MR) is 168 cm³/mol. The molecule has 0 unspecified atom stereocenters. The fourth-order valence-corrected chi connectivity index (χ4v) is 6.48. The summed E-state index contributed by atoms with van der Waals surface area (Å²) in [6.07, 6.45) is 7.07. The van der Waals surface area contributed by atoms with E-state index in [4.69, 9.17) is 4.74 Å². The molecule has 1 aromatic heterocycles. The number of fused-ring (bicyclic) bond motifs is 1. The highest BCUT2D eigenvalue weighted by atomic mass is 16.5. The number of piperazine rings is 1. The number of ether oxygens (including phenoxy) is 1. The van der Waals surface area contributed by atoms with E-state index in [9.17, 15) is 9.59 Å². The lowest BCUT2D eigenvalue weighted by Crippen LogP contribution is -2.57. The number of nitrogens with one attached hydrogen (secondary N) is 3. The van der Waals surface area contributed by atoms with Gasteiger partial charge in [-0.3, -0.25) is 9.69 Å². The number of hydrogen-bond acceptors (Lipinski definition) is 5. The molecule has 2 aliphatic rings. The second-order valence-corrected chi connectivity index (χ2v) is 12.0. The Morgan fingerprint density at radius 2 is 1.81 bits per heavy atom. The van der Waals surface area contributed by atoms with E-state index in [-0.39, 0.29) is 17.9 Å². The van der Waals surface area contributed by atoms with Crippen LogP contribution in [0.5, 0.6) is 5.75 Å². The predicted octanol–water partition coefficient (Wildman–Crippen LogP) is 5.01. The first kappa shape index (κ1) is 29.9. The maximum Gasteiger partial charge on any atom is 0.318 e. The molecule has 2 heterocycles. The van der Waals surface area contributed by atoms with Crippen molar-refractivity contribution in [2.75, 3.05) is 52.2 Å². The van der Waals surface area contributed by atoms with Crippen LogP contribution in [0, 0.1) is 0 Å². The van der Waals surface area contributed by atoms with Crippen LogP contribution in [-0.2, 0) is 11.3 Å². The topological polar surface area (TPSA) is 92.9 Å². The number of urea groups is 1. The van der Waals surface area contributed by atoms with Gasteiger partial charge in [0.25, 0.3) is 0 Å². The molecule has 1 saturated heterocycles. The smallest absolute Gasteiger partial charge is 0.318 e. The van der Waals surface area contributed by atoms with Gasteiger partial charge in [-0.1, -0.05) is 44.0 Å². The summed E-state index contributed by atoms with van der Waals surface area (Å²) < 4.78 is 5.86. The molecule has 3 aromatic rings. The lowest BCUT2D eigenvalue weighted by Gasteiger charge is -2.38. The highest BCUT2D eigenvalue weighted by Gasteiger charge is 2.33. The molecule has 2 aromatic carbocycles. The van der Waals surface area contributed by atoms with Crippen molar-refractivity contribution in [1.29, 1.82) is 0 Å². The average Bonchev–Trinajstić information content (AvgIpc) is 3.67. The monoisotopic (exact) mass is 574 g/mol. The van der Waals surface area contributed by atoms with Crippen LogP contribution < -0.4 is 15.4 Å². The van der Waals surface area contributed by atoms with Gasteiger partial charge < -0.3 is 30.2 Å². The van der Waals surface area contributed by atoms with E-state index in [1.807, 2.05) is 75.4 Å². The summed E-state index contributed by atoms with van der Waals surface area (Å²) in [4.78, 5) is 37.5. The Morgan fingerprint density at radius 1 is 1.07 bits per heavy atom. The summed E-state index contributed by atoms with van der Waals surface area (Å²) in [7, 11) is 4.02. The lowest BCUT2D eigenvalue weighted by atomic mass is 9.92. The number of nitrogens with zero attached hydrogens (tertiary/aromatic N) is 3. The summed E-state index contributed by atoms with van der Waals surface area (Å²) in [5.74, 6) is 0.0558. The maximum atomic E-state index is 14.1. The van der Waals surface area contributed by atoms with Crippen molar-refractivity contribution in [2.45, 2.75) is 64.1 Å². The molecule has 5 rings (SSSR count). The Kier molecular flexibility index (Phi) is 9.69. The molecule has 42 heavy (non-hydrogen) atoms. The zero-order valence-corrected chi connectivity index (χ0v) is 25.5. The normalized spacial score (nSPS) is 17.9. The highest BCUT2D eigenvalue weighted by Crippen LogP contribution is 2.31. The van der Waals surface area contributed by atoms with Crippen LogP contribution in [-0.4, -0.2) is 90.6 Å². The third-order valence-electron chi connectivity index (χ3n) is 8.72. The summed E-state index contributed by atoms with van der Waals surface area (Å²) in [5.41, 5.74) is 3.66. The summed E-state index contributed by atoms with van der Waals surface area (Å²) in [6, 6.07) is 13.6. The van der Waals surface area contributed by atoms with Gasteiger partial charge in [0.15, 0.2) is 0 Å². The summed E-state index contributed by atoms with van der Waals surface area (Å²) in [5, 5.41) is 7.30. The summed E-state index contributed by atoms with van der Waals surface area (Å²) >= 11 is 0. The number of hydrogen-bond donors (Lipinski definition) is 3. The first-order valence-corrected chi connectivity index (χ1v) is 15.4. The first-order valence-electron chi connectivity index (χ1n) is 15.4. The zero-order chi connectivity index (χ0) is 29.6. The fourth-order valence-electron chi connectivity index (χ4n) is 6.48. The maximum absolute atomic E-state index is 14.1. The molecule has 226 valence electrons. The minimum atomic E-state index is -0.795. The number of carbonyl (C=O) groups is 2. The molecular formula is C33H46N6O3. The summed E-state index contributed by atoms with van der Waals surface area (Å²) in [6.45, 7) is 8.23. The van der Waals surface area contributed by atoms with Crippen molar-refractivity contribution < 1.29 is 14.3 Å². The molecule has 0 spiro atoms. The van der Waals surface area contributed by atoms with Crippen molar-refractivity contribution in [3.05, 3.63) is 59.8 Å². The van der Waals surface area contributed by atoms with Crippen LogP contribution in [0.2, 0.25) is 0 Å². The Hall–Kier alpha value is -3.56. The SMILES string of the molecule is CCOc1ccc(CN(C)C)cc1NC(=O)[C@H](NC(=O)N1CCN(C2CCCC2)CC1)[C@@H](C)c1c[nH]c2ccccc12. The molecule has 2 fully saturated rings. The van der Waals surface area contributed by atoms with Crippen molar-refractivity contribution in [1.82, 2.24) is 25.0 Å². The number of amides is 3. The average molecular weight is 575 g/mol. The van der Waals surface area contributed by atoms with E-state index in [0.29, 0.717) is 37.2 Å². The van der Waals surface area contributed by atoms with Gasteiger partial charge in [0.05, 0.1) is 12.3 Å². The number of rotatable bonds is 10. The van der Waals surface area contributed by atoms with Crippen molar-refractivity contribution in [3.63, 3.8) is 0 Å². The molecule has 3 amide bonds. The van der Waals surface area contributed by atoms with E-state index in [1.54, 1.807) is 0 Å². The molecule has 1 aliphatic heterocycles. The van der Waals surface area contributed by atoms with Gasteiger partial charge in [-0.2, -0.15) is 0 Å².